The minimum absolute atomic E-state index is 0.0324. The molecule has 1 rings (SSSR count). The van der Waals surface area contributed by atoms with Crippen LogP contribution in [0.15, 0.2) is 0 Å². The minimum atomic E-state index is -0.473. The molecule has 0 saturated carbocycles. The van der Waals surface area contributed by atoms with Gasteiger partial charge >= 0.3 is 5.69 Å². The van der Waals surface area contributed by atoms with Crippen molar-refractivity contribution in [2.75, 3.05) is 18.0 Å². The minimum Gasteiger partial charge on any atom is -0.351 e. The third-order valence-corrected chi connectivity index (χ3v) is 2.43. The lowest BCUT2D eigenvalue weighted by atomic mass is 10.3. The van der Waals surface area contributed by atoms with E-state index in [0.29, 0.717) is 13.1 Å². The fraction of sp³-hybridized carbons (Fsp3) is 0.556. The van der Waals surface area contributed by atoms with E-state index in [-0.39, 0.29) is 22.5 Å². The highest BCUT2D eigenvalue weighted by molar-refractivity contribution is 6.28. The molecule has 1 aromatic rings. The van der Waals surface area contributed by atoms with Crippen LogP contribution < -0.4 is 4.90 Å². The van der Waals surface area contributed by atoms with Gasteiger partial charge in [0, 0.05) is 13.1 Å². The lowest BCUT2D eigenvalue weighted by Crippen LogP contribution is -2.24. The molecular formula is C9H13ClN4O2. The van der Waals surface area contributed by atoms with Crippen molar-refractivity contribution in [3.8, 4) is 0 Å². The molecule has 0 radical (unpaired) electrons. The summed E-state index contributed by atoms with van der Waals surface area (Å²) in [5.74, 6) is 0.285. The van der Waals surface area contributed by atoms with Gasteiger partial charge in [0.1, 0.15) is 5.69 Å². The second-order valence-electron chi connectivity index (χ2n) is 3.18. The second-order valence-corrected chi connectivity index (χ2v) is 3.52. The standard InChI is InChI=1S/C9H13ClN4O2/c1-4-13(5-2)8-7(14(15)16)6(3)11-9(10)12-8/h4-5H2,1-3H3. The van der Waals surface area contributed by atoms with Gasteiger partial charge in [0.2, 0.25) is 11.1 Å². The van der Waals surface area contributed by atoms with Gasteiger partial charge in [-0.2, -0.15) is 4.98 Å². The fourth-order valence-electron chi connectivity index (χ4n) is 1.48. The SMILES string of the molecule is CCN(CC)c1nc(Cl)nc(C)c1[N+](=O)[O-]. The Morgan fingerprint density at radius 1 is 1.38 bits per heavy atom. The zero-order valence-electron chi connectivity index (χ0n) is 9.40. The summed E-state index contributed by atoms with van der Waals surface area (Å²) >= 11 is 5.71. The Hall–Kier alpha value is -1.43. The van der Waals surface area contributed by atoms with Crippen LogP contribution >= 0.6 is 11.6 Å². The Morgan fingerprint density at radius 2 is 1.94 bits per heavy atom. The average Bonchev–Trinajstić information content (AvgIpc) is 2.17. The molecule has 0 atom stereocenters. The van der Waals surface area contributed by atoms with Crippen molar-refractivity contribution in [2.24, 2.45) is 0 Å². The molecule has 1 heterocycles. The van der Waals surface area contributed by atoms with E-state index < -0.39 is 4.92 Å². The van der Waals surface area contributed by atoms with E-state index in [4.69, 9.17) is 11.6 Å². The molecule has 0 aliphatic carbocycles. The normalized spacial score (nSPS) is 10.2. The molecule has 6 nitrogen and oxygen atoms in total. The van der Waals surface area contributed by atoms with Gasteiger partial charge in [0.25, 0.3) is 0 Å². The summed E-state index contributed by atoms with van der Waals surface area (Å²) in [4.78, 5) is 20.0. The first kappa shape index (κ1) is 12.6. The first-order chi connectivity index (χ1) is 7.51. The molecule has 0 saturated heterocycles. The summed E-state index contributed by atoms with van der Waals surface area (Å²) in [6, 6.07) is 0. The van der Waals surface area contributed by atoms with E-state index in [1.807, 2.05) is 13.8 Å². The monoisotopic (exact) mass is 244 g/mol. The Kier molecular flexibility index (Phi) is 4.00. The lowest BCUT2D eigenvalue weighted by molar-refractivity contribution is -0.385. The number of anilines is 1. The van der Waals surface area contributed by atoms with Gasteiger partial charge in [0.05, 0.1) is 4.92 Å². The number of rotatable bonds is 4. The summed E-state index contributed by atoms with van der Waals surface area (Å²) < 4.78 is 0. The van der Waals surface area contributed by atoms with Crippen molar-refractivity contribution in [1.82, 2.24) is 9.97 Å². The smallest absolute Gasteiger partial charge is 0.332 e. The number of nitro groups is 1. The van der Waals surface area contributed by atoms with Crippen LogP contribution in [0.1, 0.15) is 19.5 Å². The number of nitrogens with zero attached hydrogens (tertiary/aromatic N) is 4. The molecule has 0 N–H and O–H groups in total. The van der Waals surface area contributed by atoms with Crippen molar-refractivity contribution >= 4 is 23.1 Å². The largest absolute Gasteiger partial charge is 0.351 e. The molecular weight excluding hydrogens is 232 g/mol. The second kappa shape index (κ2) is 5.07. The number of hydrogen-bond acceptors (Lipinski definition) is 5. The molecule has 88 valence electrons. The van der Waals surface area contributed by atoms with E-state index in [9.17, 15) is 10.1 Å². The van der Waals surface area contributed by atoms with Crippen molar-refractivity contribution in [2.45, 2.75) is 20.8 Å². The lowest BCUT2D eigenvalue weighted by Gasteiger charge is -2.19. The van der Waals surface area contributed by atoms with E-state index in [0.717, 1.165) is 0 Å². The van der Waals surface area contributed by atoms with Gasteiger partial charge in [0.15, 0.2) is 0 Å². The first-order valence-corrected chi connectivity index (χ1v) is 5.32. The summed E-state index contributed by atoms with van der Waals surface area (Å²) in [6.45, 7) is 6.62. The van der Waals surface area contributed by atoms with Crippen LogP contribution in [0, 0.1) is 17.0 Å². The van der Waals surface area contributed by atoms with Gasteiger partial charge in [-0.15, -0.1) is 0 Å². The first-order valence-electron chi connectivity index (χ1n) is 4.94. The zero-order chi connectivity index (χ0) is 12.3. The summed E-state index contributed by atoms with van der Waals surface area (Å²) in [6.07, 6.45) is 0. The highest BCUT2D eigenvalue weighted by Gasteiger charge is 2.24. The number of hydrogen-bond donors (Lipinski definition) is 0. The Morgan fingerprint density at radius 3 is 2.38 bits per heavy atom. The van der Waals surface area contributed by atoms with Crippen molar-refractivity contribution < 1.29 is 4.92 Å². The van der Waals surface area contributed by atoms with Crippen LogP contribution in [0.3, 0.4) is 0 Å². The van der Waals surface area contributed by atoms with E-state index >= 15 is 0 Å². The Balaban J connectivity index is 3.39. The van der Waals surface area contributed by atoms with Crippen molar-refractivity contribution in [3.63, 3.8) is 0 Å². The molecule has 1 aromatic heterocycles. The highest BCUT2D eigenvalue weighted by atomic mass is 35.5. The van der Waals surface area contributed by atoms with Crippen LogP contribution in [0.25, 0.3) is 0 Å². The molecule has 0 amide bonds. The van der Waals surface area contributed by atoms with Gasteiger partial charge < -0.3 is 4.90 Å². The zero-order valence-corrected chi connectivity index (χ0v) is 10.2. The summed E-state index contributed by atoms with van der Waals surface area (Å²) in [7, 11) is 0. The highest BCUT2D eigenvalue weighted by Crippen LogP contribution is 2.29. The maximum atomic E-state index is 10.9. The summed E-state index contributed by atoms with van der Waals surface area (Å²) in [5.41, 5.74) is 0.208. The third-order valence-electron chi connectivity index (χ3n) is 2.26. The van der Waals surface area contributed by atoms with Crippen molar-refractivity contribution in [1.29, 1.82) is 0 Å². The van der Waals surface area contributed by atoms with E-state index in [2.05, 4.69) is 9.97 Å². The van der Waals surface area contributed by atoms with Crippen LogP contribution in [0.5, 0.6) is 0 Å². The number of halogens is 1. The molecule has 0 aliphatic rings. The maximum absolute atomic E-state index is 10.9. The molecule has 16 heavy (non-hydrogen) atoms. The Bertz CT molecular complexity index is 407. The molecule has 0 bridgehead atoms. The van der Waals surface area contributed by atoms with Crippen molar-refractivity contribution in [3.05, 3.63) is 21.1 Å². The van der Waals surface area contributed by atoms with Crippen LogP contribution in [0.2, 0.25) is 5.28 Å². The van der Waals surface area contributed by atoms with Gasteiger partial charge in [-0.1, -0.05) is 0 Å². The van der Waals surface area contributed by atoms with Crippen LogP contribution in [-0.2, 0) is 0 Å². The predicted octanol–water partition coefficient (Wildman–Crippen LogP) is 2.19. The summed E-state index contributed by atoms with van der Waals surface area (Å²) in [5, 5.41) is 11.0. The molecule has 0 spiro atoms. The van der Waals surface area contributed by atoms with Crippen LogP contribution in [0.4, 0.5) is 11.5 Å². The van der Waals surface area contributed by atoms with Gasteiger partial charge in [-0.25, -0.2) is 4.98 Å². The molecule has 0 aromatic carbocycles. The number of aryl methyl sites for hydroxylation is 1. The fourth-order valence-corrected chi connectivity index (χ4v) is 1.68. The molecule has 0 aliphatic heterocycles. The Labute approximate surface area is 98.4 Å². The topological polar surface area (TPSA) is 72.2 Å². The van der Waals surface area contributed by atoms with E-state index in [1.54, 1.807) is 11.8 Å². The van der Waals surface area contributed by atoms with Gasteiger partial charge in [-0.3, -0.25) is 10.1 Å². The maximum Gasteiger partial charge on any atom is 0.332 e. The molecule has 0 unspecified atom stereocenters. The average molecular weight is 245 g/mol. The van der Waals surface area contributed by atoms with Crippen LogP contribution in [-0.4, -0.2) is 28.0 Å². The third kappa shape index (κ3) is 2.38. The predicted molar refractivity (Wildman–Crippen MR) is 62.0 cm³/mol. The number of aromatic nitrogens is 2. The molecule has 7 heteroatoms. The quantitative estimate of drug-likeness (QED) is 0.461. The van der Waals surface area contributed by atoms with E-state index in [1.165, 1.54) is 0 Å². The molecule has 0 fully saturated rings. The van der Waals surface area contributed by atoms with Gasteiger partial charge in [-0.05, 0) is 32.4 Å².